The van der Waals surface area contributed by atoms with Crippen molar-refractivity contribution in [3.8, 4) is 0 Å². The summed E-state index contributed by atoms with van der Waals surface area (Å²) in [4.78, 5) is 0. The van der Waals surface area contributed by atoms with Crippen LogP contribution in [-0.2, 0) is 11.3 Å². The Morgan fingerprint density at radius 2 is 1.61 bits per heavy atom. The summed E-state index contributed by atoms with van der Waals surface area (Å²) >= 11 is 0. The fourth-order valence-electron chi connectivity index (χ4n) is 2.30. The van der Waals surface area contributed by atoms with Crippen molar-refractivity contribution in [3.63, 3.8) is 0 Å². The standard InChI is InChI=1S/C19H20F2O2/c1-2-9-17(22)19(20,21)18(16-12-7-4-8-13-16)23-14-15-10-5-3-6-11-15/h2-8,10-13,17-18,22H,1,9,14H2/t17-,18+/m0/s1. The monoisotopic (exact) mass is 318 g/mol. The molecule has 0 unspecified atom stereocenters. The summed E-state index contributed by atoms with van der Waals surface area (Å²) in [6.45, 7) is 3.44. The van der Waals surface area contributed by atoms with Crippen LogP contribution in [0.4, 0.5) is 8.78 Å². The molecule has 1 N–H and O–H groups in total. The summed E-state index contributed by atoms with van der Waals surface area (Å²) in [6, 6.07) is 17.3. The molecule has 2 aromatic carbocycles. The van der Waals surface area contributed by atoms with E-state index in [1.54, 1.807) is 42.5 Å². The Bertz CT molecular complexity index is 599. The van der Waals surface area contributed by atoms with Gasteiger partial charge in [-0.2, -0.15) is 0 Å². The van der Waals surface area contributed by atoms with Crippen LogP contribution in [0, 0.1) is 0 Å². The highest BCUT2D eigenvalue weighted by molar-refractivity contribution is 5.21. The van der Waals surface area contributed by atoms with Gasteiger partial charge in [-0.3, -0.25) is 0 Å². The Kier molecular flexibility index (Phi) is 6.02. The molecule has 0 fully saturated rings. The van der Waals surface area contributed by atoms with E-state index in [0.717, 1.165) is 5.56 Å². The molecule has 0 radical (unpaired) electrons. The third kappa shape index (κ3) is 4.47. The molecule has 2 aromatic rings. The summed E-state index contributed by atoms with van der Waals surface area (Å²) in [5.41, 5.74) is 1.12. The highest BCUT2D eigenvalue weighted by Gasteiger charge is 2.47. The number of aliphatic hydroxyl groups excluding tert-OH is 1. The van der Waals surface area contributed by atoms with Gasteiger partial charge in [-0.1, -0.05) is 66.7 Å². The second-order valence-electron chi connectivity index (χ2n) is 5.30. The minimum absolute atomic E-state index is 0.0385. The molecule has 0 amide bonds. The van der Waals surface area contributed by atoms with Crippen LogP contribution in [0.15, 0.2) is 73.3 Å². The van der Waals surface area contributed by atoms with Crippen LogP contribution >= 0.6 is 0 Å². The van der Waals surface area contributed by atoms with Crippen LogP contribution in [-0.4, -0.2) is 17.1 Å². The molecule has 0 saturated heterocycles. The predicted molar refractivity (Wildman–Crippen MR) is 86.2 cm³/mol. The lowest BCUT2D eigenvalue weighted by Gasteiger charge is -2.30. The van der Waals surface area contributed by atoms with Gasteiger partial charge in [0.25, 0.3) is 0 Å². The molecular weight excluding hydrogens is 298 g/mol. The molecule has 0 bridgehead atoms. The molecule has 4 heteroatoms. The smallest absolute Gasteiger partial charge is 0.303 e. The Morgan fingerprint density at radius 1 is 1.04 bits per heavy atom. The summed E-state index contributed by atoms with van der Waals surface area (Å²) < 4.78 is 34.8. The van der Waals surface area contributed by atoms with Gasteiger partial charge in [0.1, 0.15) is 12.2 Å². The van der Waals surface area contributed by atoms with Gasteiger partial charge in [-0.05, 0) is 17.5 Å². The number of hydrogen-bond donors (Lipinski definition) is 1. The number of ether oxygens (including phenoxy) is 1. The van der Waals surface area contributed by atoms with Crippen molar-refractivity contribution in [1.82, 2.24) is 0 Å². The quantitative estimate of drug-likeness (QED) is 0.725. The fourth-order valence-corrected chi connectivity index (χ4v) is 2.30. The lowest BCUT2D eigenvalue weighted by molar-refractivity contribution is -0.199. The van der Waals surface area contributed by atoms with Crippen LogP contribution in [0.25, 0.3) is 0 Å². The van der Waals surface area contributed by atoms with Crippen molar-refractivity contribution >= 4 is 0 Å². The number of alkyl halides is 2. The van der Waals surface area contributed by atoms with Gasteiger partial charge in [0, 0.05) is 0 Å². The van der Waals surface area contributed by atoms with Crippen molar-refractivity contribution < 1.29 is 18.6 Å². The molecule has 122 valence electrons. The van der Waals surface area contributed by atoms with E-state index < -0.39 is 18.1 Å². The minimum Gasteiger partial charge on any atom is -0.386 e. The molecular formula is C19H20F2O2. The molecule has 0 spiro atoms. The van der Waals surface area contributed by atoms with E-state index in [4.69, 9.17) is 4.74 Å². The molecule has 0 aliphatic heterocycles. The van der Waals surface area contributed by atoms with Crippen LogP contribution in [0.2, 0.25) is 0 Å². The summed E-state index contributed by atoms with van der Waals surface area (Å²) in [5.74, 6) is -3.43. The average Bonchev–Trinajstić information content (AvgIpc) is 2.57. The maximum absolute atomic E-state index is 14.6. The molecule has 23 heavy (non-hydrogen) atoms. The normalized spacial score (nSPS) is 14.2. The van der Waals surface area contributed by atoms with Gasteiger partial charge in [-0.15, -0.1) is 6.58 Å². The fraction of sp³-hybridized carbons (Fsp3) is 0.263. The topological polar surface area (TPSA) is 29.5 Å². The summed E-state index contributed by atoms with van der Waals surface area (Å²) in [5, 5.41) is 9.80. The van der Waals surface area contributed by atoms with E-state index in [1.165, 1.54) is 6.08 Å². The van der Waals surface area contributed by atoms with Crippen LogP contribution < -0.4 is 0 Å². The first kappa shape index (κ1) is 17.3. The number of aliphatic hydroxyl groups is 1. The molecule has 0 aliphatic carbocycles. The molecule has 2 nitrogen and oxygen atoms in total. The van der Waals surface area contributed by atoms with Crippen molar-refractivity contribution in [3.05, 3.63) is 84.4 Å². The molecule has 2 rings (SSSR count). The first-order valence-corrected chi connectivity index (χ1v) is 7.43. The van der Waals surface area contributed by atoms with Crippen molar-refractivity contribution in [1.29, 1.82) is 0 Å². The van der Waals surface area contributed by atoms with E-state index in [9.17, 15) is 13.9 Å². The predicted octanol–water partition coefficient (Wildman–Crippen LogP) is 4.52. The highest BCUT2D eigenvalue weighted by Crippen LogP contribution is 2.39. The van der Waals surface area contributed by atoms with Gasteiger partial charge >= 0.3 is 5.92 Å². The lowest BCUT2D eigenvalue weighted by Crippen LogP contribution is -2.40. The van der Waals surface area contributed by atoms with Gasteiger partial charge in [0.15, 0.2) is 0 Å². The second-order valence-corrected chi connectivity index (χ2v) is 5.30. The first-order valence-electron chi connectivity index (χ1n) is 7.43. The van der Waals surface area contributed by atoms with E-state index in [-0.39, 0.29) is 13.0 Å². The Balaban J connectivity index is 2.23. The lowest BCUT2D eigenvalue weighted by atomic mass is 9.97. The van der Waals surface area contributed by atoms with Crippen molar-refractivity contribution in [2.45, 2.75) is 31.2 Å². The SMILES string of the molecule is C=CC[C@H](O)C(F)(F)[C@H](OCc1ccccc1)c1ccccc1. The third-order valence-corrected chi connectivity index (χ3v) is 3.55. The zero-order chi connectivity index (χ0) is 16.7. The van der Waals surface area contributed by atoms with E-state index in [1.807, 2.05) is 18.2 Å². The summed E-state index contributed by atoms with van der Waals surface area (Å²) in [6.07, 6.45) is -2.30. The summed E-state index contributed by atoms with van der Waals surface area (Å²) in [7, 11) is 0. The van der Waals surface area contributed by atoms with Gasteiger partial charge in [0.05, 0.1) is 6.61 Å². The van der Waals surface area contributed by atoms with Crippen LogP contribution in [0.3, 0.4) is 0 Å². The number of halogens is 2. The van der Waals surface area contributed by atoms with Gasteiger partial charge < -0.3 is 9.84 Å². The highest BCUT2D eigenvalue weighted by atomic mass is 19.3. The first-order chi connectivity index (χ1) is 11.1. The Labute approximate surface area is 135 Å². The largest absolute Gasteiger partial charge is 0.386 e. The zero-order valence-corrected chi connectivity index (χ0v) is 12.7. The van der Waals surface area contributed by atoms with Crippen molar-refractivity contribution in [2.24, 2.45) is 0 Å². The Morgan fingerprint density at radius 3 is 2.17 bits per heavy atom. The molecule has 0 aliphatic rings. The molecule has 0 aromatic heterocycles. The molecule has 0 saturated carbocycles. The number of benzene rings is 2. The van der Waals surface area contributed by atoms with Gasteiger partial charge in [-0.25, -0.2) is 8.78 Å². The second kappa shape index (κ2) is 7.99. The maximum atomic E-state index is 14.6. The third-order valence-electron chi connectivity index (χ3n) is 3.55. The zero-order valence-electron chi connectivity index (χ0n) is 12.7. The van der Waals surface area contributed by atoms with Crippen LogP contribution in [0.5, 0.6) is 0 Å². The molecule has 0 heterocycles. The minimum atomic E-state index is -3.43. The van der Waals surface area contributed by atoms with E-state index >= 15 is 0 Å². The van der Waals surface area contributed by atoms with Crippen molar-refractivity contribution in [2.75, 3.05) is 0 Å². The Hall–Kier alpha value is -2.04. The van der Waals surface area contributed by atoms with E-state index in [0.29, 0.717) is 5.56 Å². The average molecular weight is 318 g/mol. The molecule has 2 atom stereocenters. The van der Waals surface area contributed by atoms with Gasteiger partial charge in [0.2, 0.25) is 0 Å². The van der Waals surface area contributed by atoms with Crippen LogP contribution in [0.1, 0.15) is 23.7 Å². The number of hydrogen-bond acceptors (Lipinski definition) is 2. The number of rotatable bonds is 8. The van der Waals surface area contributed by atoms with E-state index in [2.05, 4.69) is 6.58 Å². The maximum Gasteiger partial charge on any atom is 0.303 e.